The lowest BCUT2D eigenvalue weighted by Crippen LogP contribution is -2.45. The summed E-state index contributed by atoms with van der Waals surface area (Å²) < 4.78 is 10.4. The van der Waals surface area contributed by atoms with Gasteiger partial charge in [0.05, 0.1) is 30.2 Å². The summed E-state index contributed by atoms with van der Waals surface area (Å²) in [4.78, 5) is 24.2. The van der Waals surface area contributed by atoms with Gasteiger partial charge in [-0.15, -0.1) is 0 Å². The minimum Gasteiger partial charge on any atom is -0.462 e. The molecule has 1 aliphatic heterocycles. The van der Waals surface area contributed by atoms with E-state index in [0.29, 0.717) is 37.6 Å². The number of anilines is 2. The molecule has 0 aliphatic carbocycles. The lowest BCUT2D eigenvalue weighted by atomic mass is 10.1. The molecule has 1 heterocycles. The molecule has 126 valence electrons. The monoisotopic (exact) mass is 321 g/mol. The lowest BCUT2D eigenvalue weighted by Gasteiger charge is -2.23. The first kappa shape index (κ1) is 17.2. The van der Waals surface area contributed by atoms with Crippen LogP contribution in [-0.4, -0.2) is 50.8 Å². The predicted molar refractivity (Wildman–Crippen MR) is 87.8 cm³/mol. The van der Waals surface area contributed by atoms with Crippen molar-refractivity contribution in [3.63, 3.8) is 0 Å². The maximum atomic E-state index is 12.3. The zero-order valence-corrected chi connectivity index (χ0v) is 13.5. The molecule has 0 bridgehead atoms. The Morgan fingerprint density at radius 3 is 2.83 bits per heavy atom. The van der Waals surface area contributed by atoms with E-state index in [1.165, 1.54) is 0 Å². The van der Waals surface area contributed by atoms with E-state index in [4.69, 9.17) is 9.47 Å². The van der Waals surface area contributed by atoms with Crippen LogP contribution in [0.5, 0.6) is 0 Å². The molecule has 1 aromatic rings. The number of esters is 1. The van der Waals surface area contributed by atoms with E-state index in [1.807, 2.05) is 6.92 Å². The van der Waals surface area contributed by atoms with E-state index in [9.17, 15) is 9.59 Å². The maximum Gasteiger partial charge on any atom is 0.338 e. The van der Waals surface area contributed by atoms with Gasteiger partial charge < -0.3 is 25.4 Å². The first-order chi connectivity index (χ1) is 11.2. The van der Waals surface area contributed by atoms with E-state index in [0.717, 1.165) is 12.2 Å². The van der Waals surface area contributed by atoms with Gasteiger partial charge in [-0.25, -0.2) is 4.79 Å². The van der Waals surface area contributed by atoms with Crippen LogP contribution in [0.2, 0.25) is 0 Å². The molecular formula is C16H23N3O4. The number of carbonyl (C=O) groups excluding carboxylic acids is 2. The summed E-state index contributed by atoms with van der Waals surface area (Å²) in [6, 6.07) is 5.04. The van der Waals surface area contributed by atoms with Crippen molar-refractivity contribution in [2.24, 2.45) is 0 Å². The van der Waals surface area contributed by atoms with Crippen molar-refractivity contribution in [3.05, 3.63) is 23.8 Å². The minimum absolute atomic E-state index is 0.239. The molecular weight excluding hydrogens is 298 g/mol. The average Bonchev–Trinajstić information content (AvgIpc) is 2.57. The maximum absolute atomic E-state index is 12.3. The highest BCUT2D eigenvalue weighted by molar-refractivity contribution is 5.99. The molecule has 1 aliphatic rings. The fourth-order valence-corrected chi connectivity index (χ4v) is 2.28. The molecule has 0 saturated carbocycles. The van der Waals surface area contributed by atoms with Gasteiger partial charge in [-0.1, -0.05) is 0 Å². The van der Waals surface area contributed by atoms with Crippen molar-refractivity contribution in [3.8, 4) is 0 Å². The van der Waals surface area contributed by atoms with Crippen molar-refractivity contribution in [2.75, 3.05) is 43.5 Å². The Bertz CT molecular complexity index is 556. The van der Waals surface area contributed by atoms with Crippen molar-refractivity contribution < 1.29 is 19.1 Å². The summed E-state index contributed by atoms with van der Waals surface area (Å²) in [7, 11) is 0. The van der Waals surface area contributed by atoms with Crippen molar-refractivity contribution in [1.82, 2.24) is 5.32 Å². The second kappa shape index (κ2) is 8.50. The molecule has 23 heavy (non-hydrogen) atoms. The predicted octanol–water partition coefficient (Wildman–Crippen LogP) is 1.22. The van der Waals surface area contributed by atoms with Gasteiger partial charge in [0.1, 0.15) is 6.10 Å². The molecule has 1 unspecified atom stereocenters. The third-order valence-electron chi connectivity index (χ3n) is 3.38. The largest absolute Gasteiger partial charge is 0.462 e. The first-order valence-electron chi connectivity index (χ1n) is 7.84. The van der Waals surface area contributed by atoms with Crippen LogP contribution < -0.4 is 16.0 Å². The van der Waals surface area contributed by atoms with Crippen LogP contribution in [-0.2, 0) is 14.3 Å². The molecule has 1 fully saturated rings. The standard InChI is InChI=1S/C16H23N3O4/c1-3-18-12-6-5-11(16(21)22-4-2)9-13(12)19-15(20)14-10-17-7-8-23-14/h5-6,9,14,17-18H,3-4,7-8,10H2,1-2H3,(H,19,20). The van der Waals surface area contributed by atoms with E-state index >= 15 is 0 Å². The number of hydrogen-bond acceptors (Lipinski definition) is 6. The number of rotatable bonds is 6. The van der Waals surface area contributed by atoms with Gasteiger partial charge >= 0.3 is 5.97 Å². The molecule has 0 radical (unpaired) electrons. The number of morpholine rings is 1. The van der Waals surface area contributed by atoms with E-state index in [1.54, 1.807) is 25.1 Å². The number of carbonyl (C=O) groups is 2. The molecule has 3 N–H and O–H groups in total. The van der Waals surface area contributed by atoms with Gasteiger partial charge in [0, 0.05) is 19.6 Å². The first-order valence-corrected chi connectivity index (χ1v) is 7.84. The molecule has 7 heteroatoms. The van der Waals surface area contributed by atoms with E-state index in [2.05, 4.69) is 16.0 Å². The topological polar surface area (TPSA) is 88.7 Å². The number of ether oxygens (including phenoxy) is 2. The van der Waals surface area contributed by atoms with Gasteiger partial charge in [-0.05, 0) is 32.0 Å². The van der Waals surface area contributed by atoms with Gasteiger partial charge in [-0.3, -0.25) is 4.79 Å². The Hall–Kier alpha value is -2.12. The summed E-state index contributed by atoms with van der Waals surface area (Å²) in [5.74, 6) is -0.654. The van der Waals surface area contributed by atoms with Crippen LogP contribution in [0.3, 0.4) is 0 Å². The fourth-order valence-electron chi connectivity index (χ4n) is 2.28. The molecule has 0 aromatic heterocycles. The fraction of sp³-hybridized carbons (Fsp3) is 0.500. The Balaban J connectivity index is 2.17. The normalized spacial score (nSPS) is 17.4. The summed E-state index contributed by atoms with van der Waals surface area (Å²) in [6.07, 6.45) is -0.538. The number of benzene rings is 1. The molecule has 1 aromatic carbocycles. The zero-order chi connectivity index (χ0) is 16.7. The Morgan fingerprint density at radius 2 is 2.17 bits per heavy atom. The van der Waals surface area contributed by atoms with Gasteiger partial charge in [-0.2, -0.15) is 0 Å². The molecule has 7 nitrogen and oxygen atoms in total. The van der Waals surface area contributed by atoms with Crippen LogP contribution >= 0.6 is 0 Å². The highest BCUT2D eigenvalue weighted by Crippen LogP contribution is 2.24. The Kier molecular flexibility index (Phi) is 6.37. The summed E-state index contributed by atoms with van der Waals surface area (Å²) in [5.41, 5.74) is 1.68. The number of nitrogens with one attached hydrogen (secondary N) is 3. The summed E-state index contributed by atoms with van der Waals surface area (Å²) in [6.45, 7) is 6.42. The zero-order valence-electron chi connectivity index (χ0n) is 13.5. The van der Waals surface area contributed by atoms with E-state index < -0.39 is 12.1 Å². The van der Waals surface area contributed by atoms with E-state index in [-0.39, 0.29) is 5.91 Å². The second-order valence-corrected chi connectivity index (χ2v) is 5.06. The van der Waals surface area contributed by atoms with Crippen molar-refractivity contribution in [2.45, 2.75) is 20.0 Å². The smallest absolute Gasteiger partial charge is 0.338 e. The highest BCUT2D eigenvalue weighted by atomic mass is 16.5. The van der Waals surface area contributed by atoms with Crippen molar-refractivity contribution in [1.29, 1.82) is 0 Å². The van der Waals surface area contributed by atoms with Crippen LogP contribution in [0.15, 0.2) is 18.2 Å². The van der Waals surface area contributed by atoms with Crippen LogP contribution in [0.1, 0.15) is 24.2 Å². The second-order valence-electron chi connectivity index (χ2n) is 5.06. The number of amides is 1. The van der Waals surface area contributed by atoms with Crippen LogP contribution in [0, 0.1) is 0 Å². The minimum atomic E-state index is -0.538. The molecule has 0 spiro atoms. The van der Waals surface area contributed by atoms with Gasteiger partial charge in [0.15, 0.2) is 0 Å². The summed E-state index contributed by atoms with van der Waals surface area (Å²) in [5, 5.41) is 9.10. The molecule has 1 saturated heterocycles. The van der Waals surface area contributed by atoms with Crippen LogP contribution in [0.25, 0.3) is 0 Å². The Morgan fingerprint density at radius 1 is 1.35 bits per heavy atom. The van der Waals surface area contributed by atoms with Crippen LogP contribution in [0.4, 0.5) is 11.4 Å². The quantitative estimate of drug-likeness (QED) is 0.683. The van der Waals surface area contributed by atoms with Crippen molar-refractivity contribution >= 4 is 23.3 Å². The molecule has 2 rings (SSSR count). The van der Waals surface area contributed by atoms with Gasteiger partial charge in [0.2, 0.25) is 0 Å². The third-order valence-corrected chi connectivity index (χ3v) is 3.38. The summed E-state index contributed by atoms with van der Waals surface area (Å²) >= 11 is 0. The van der Waals surface area contributed by atoms with Gasteiger partial charge in [0.25, 0.3) is 5.91 Å². The highest BCUT2D eigenvalue weighted by Gasteiger charge is 2.23. The Labute approximate surface area is 135 Å². The SMILES string of the molecule is CCNc1ccc(C(=O)OCC)cc1NC(=O)C1CNCCO1. The third kappa shape index (κ3) is 4.67. The lowest BCUT2D eigenvalue weighted by molar-refractivity contribution is -0.128. The average molecular weight is 321 g/mol. The molecule has 1 atom stereocenters. The molecule has 1 amide bonds. The number of hydrogen-bond donors (Lipinski definition) is 3.